The van der Waals surface area contributed by atoms with Gasteiger partial charge in [0, 0.05) is 32.7 Å². The molecule has 6 nitrogen and oxygen atoms in total. The minimum Gasteiger partial charge on any atom is -0.408 e. The summed E-state index contributed by atoms with van der Waals surface area (Å²) in [5.74, 6) is -0.230. The number of piperidine rings is 1. The van der Waals surface area contributed by atoms with Crippen molar-refractivity contribution in [3.63, 3.8) is 0 Å². The summed E-state index contributed by atoms with van der Waals surface area (Å²) >= 11 is 0. The van der Waals surface area contributed by atoms with Crippen molar-refractivity contribution in [1.82, 2.24) is 9.47 Å². The normalized spacial score (nSPS) is 18.8. The molecule has 0 bridgehead atoms. The molecule has 1 N–H and O–H groups in total. The number of oxazole rings is 1. The van der Waals surface area contributed by atoms with E-state index in [1.807, 2.05) is 18.2 Å². The van der Waals surface area contributed by atoms with E-state index in [1.165, 1.54) is 4.57 Å². The van der Waals surface area contributed by atoms with Crippen molar-refractivity contribution in [2.24, 2.45) is 5.92 Å². The number of aromatic nitrogens is 1. The predicted octanol–water partition coefficient (Wildman–Crippen LogP) is 1.22. The predicted molar refractivity (Wildman–Crippen MR) is 81.5 cm³/mol. The average molecular weight is 304 g/mol. The molecule has 1 aliphatic rings. The molecule has 1 fully saturated rings. The van der Waals surface area contributed by atoms with E-state index in [2.05, 4.69) is 0 Å². The fraction of sp³-hybridized carbons (Fsp3) is 0.500. The first-order valence-electron chi connectivity index (χ1n) is 7.66. The number of hydrogen-bond acceptors (Lipinski definition) is 4. The van der Waals surface area contributed by atoms with Crippen LogP contribution in [0.1, 0.15) is 19.3 Å². The highest BCUT2D eigenvalue weighted by molar-refractivity contribution is 5.77. The maximum atomic E-state index is 12.3. The van der Waals surface area contributed by atoms with Crippen LogP contribution in [-0.4, -0.2) is 40.2 Å². The van der Waals surface area contributed by atoms with Crippen molar-refractivity contribution in [3.05, 3.63) is 34.8 Å². The number of rotatable bonds is 4. The molecule has 1 aromatic carbocycles. The molecule has 6 heteroatoms. The number of para-hydroxylation sites is 2. The number of carbonyl (C=O) groups is 1. The summed E-state index contributed by atoms with van der Waals surface area (Å²) in [5, 5.41) is 9.23. The third-order valence-electron chi connectivity index (χ3n) is 4.25. The second kappa shape index (κ2) is 6.36. The number of hydrogen-bond donors (Lipinski definition) is 1. The number of carbonyl (C=O) groups excluding carboxylic acids is 1. The molecule has 1 amide bonds. The summed E-state index contributed by atoms with van der Waals surface area (Å²) in [5.41, 5.74) is 1.26. The number of amides is 1. The lowest BCUT2D eigenvalue weighted by Crippen LogP contribution is -2.41. The fourth-order valence-corrected chi connectivity index (χ4v) is 3.03. The van der Waals surface area contributed by atoms with E-state index >= 15 is 0 Å². The first-order chi connectivity index (χ1) is 10.7. The Balaban J connectivity index is 1.67. The van der Waals surface area contributed by atoms with E-state index in [-0.39, 0.29) is 24.9 Å². The van der Waals surface area contributed by atoms with E-state index in [0.717, 1.165) is 19.4 Å². The SMILES string of the molecule is O=C(CCn1c(=O)oc2ccccc21)N1CCCC(CO)C1. The number of benzene rings is 1. The summed E-state index contributed by atoms with van der Waals surface area (Å²) in [6.45, 7) is 1.78. The minimum atomic E-state index is -0.430. The Morgan fingerprint density at radius 2 is 2.18 bits per heavy atom. The first kappa shape index (κ1) is 14.8. The molecule has 22 heavy (non-hydrogen) atoms. The molecule has 0 aliphatic carbocycles. The smallest absolute Gasteiger partial charge is 0.408 e. The van der Waals surface area contributed by atoms with Gasteiger partial charge in [0.05, 0.1) is 5.52 Å². The Bertz CT molecular complexity index is 718. The lowest BCUT2D eigenvalue weighted by Gasteiger charge is -2.31. The molecule has 2 heterocycles. The molecule has 2 aromatic rings. The van der Waals surface area contributed by atoms with Crippen molar-refractivity contribution < 1.29 is 14.3 Å². The number of aliphatic hydroxyl groups excluding tert-OH is 1. The summed E-state index contributed by atoms with van der Waals surface area (Å²) in [6.07, 6.45) is 2.15. The molecule has 1 aliphatic heterocycles. The number of fused-ring (bicyclic) bond motifs is 1. The molecule has 1 aromatic heterocycles. The topological polar surface area (TPSA) is 75.7 Å². The summed E-state index contributed by atoms with van der Waals surface area (Å²) in [7, 11) is 0. The van der Waals surface area contributed by atoms with E-state index in [4.69, 9.17) is 4.42 Å². The van der Waals surface area contributed by atoms with E-state index in [9.17, 15) is 14.7 Å². The van der Waals surface area contributed by atoms with Crippen LogP contribution in [0.25, 0.3) is 11.1 Å². The molecular formula is C16H20N2O4. The third kappa shape index (κ3) is 2.92. The number of aliphatic hydroxyl groups is 1. The van der Waals surface area contributed by atoms with Gasteiger partial charge in [0.1, 0.15) is 0 Å². The van der Waals surface area contributed by atoms with Gasteiger partial charge in [-0.2, -0.15) is 0 Å². The zero-order valence-electron chi connectivity index (χ0n) is 12.4. The maximum absolute atomic E-state index is 12.3. The van der Waals surface area contributed by atoms with Crippen LogP contribution in [0.5, 0.6) is 0 Å². The maximum Gasteiger partial charge on any atom is 0.419 e. The first-order valence-corrected chi connectivity index (χ1v) is 7.66. The third-order valence-corrected chi connectivity index (χ3v) is 4.25. The van der Waals surface area contributed by atoms with Crippen LogP contribution in [0.3, 0.4) is 0 Å². The van der Waals surface area contributed by atoms with Gasteiger partial charge in [-0.3, -0.25) is 9.36 Å². The standard InChI is InChI=1S/C16H20N2O4/c19-11-12-4-3-8-17(10-12)15(20)7-9-18-13-5-1-2-6-14(13)22-16(18)21/h1-2,5-6,12,19H,3-4,7-11H2. The van der Waals surface area contributed by atoms with Gasteiger partial charge >= 0.3 is 5.76 Å². The lowest BCUT2D eigenvalue weighted by molar-refractivity contribution is -0.133. The fourth-order valence-electron chi connectivity index (χ4n) is 3.03. The molecule has 0 saturated carbocycles. The molecule has 118 valence electrons. The number of aryl methyl sites for hydroxylation is 1. The zero-order chi connectivity index (χ0) is 15.5. The summed E-state index contributed by atoms with van der Waals surface area (Å²) in [6, 6.07) is 7.20. The lowest BCUT2D eigenvalue weighted by atomic mass is 9.99. The van der Waals surface area contributed by atoms with Crippen molar-refractivity contribution in [2.75, 3.05) is 19.7 Å². The number of nitrogens with zero attached hydrogens (tertiary/aromatic N) is 2. The van der Waals surface area contributed by atoms with E-state index in [1.54, 1.807) is 11.0 Å². The molecular weight excluding hydrogens is 284 g/mol. The van der Waals surface area contributed by atoms with Crippen LogP contribution >= 0.6 is 0 Å². The van der Waals surface area contributed by atoms with Crippen molar-refractivity contribution >= 4 is 17.0 Å². The van der Waals surface area contributed by atoms with Crippen LogP contribution in [0.15, 0.2) is 33.5 Å². The van der Waals surface area contributed by atoms with Gasteiger partial charge in [0.2, 0.25) is 5.91 Å². The van der Waals surface area contributed by atoms with Crippen LogP contribution < -0.4 is 5.76 Å². The van der Waals surface area contributed by atoms with Crippen LogP contribution in [-0.2, 0) is 11.3 Å². The quantitative estimate of drug-likeness (QED) is 0.921. The highest BCUT2D eigenvalue weighted by Crippen LogP contribution is 2.17. The van der Waals surface area contributed by atoms with Crippen LogP contribution in [0.4, 0.5) is 0 Å². The average Bonchev–Trinajstić information content (AvgIpc) is 2.88. The van der Waals surface area contributed by atoms with Crippen molar-refractivity contribution in [1.29, 1.82) is 0 Å². The second-order valence-corrected chi connectivity index (χ2v) is 5.77. The largest absolute Gasteiger partial charge is 0.419 e. The van der Waals surface area contributed by atoms with Crippen LogP contribution in [0, 0.1) is 5.92 Å². The molecule has 3 rings (SSSR count). The van der Waals surface area contributed by atoms with E-state index in [0.29, 0.717) is 24.2 Å². The van der Waals surface area contributed by atoms with Gasteiger partial charge in [0.15, 0.2) is 5.58 Å². The Kier molecular flexibility index (Phi) is 4.29. The molecule has 0 radical (unpaired) electrons. The van der Waals surface area contributed by atoms with Gasteiger partial charge in [-0.05, 0) is 30.9 Å². The Hall–Kier alpha value is -2.08. The molecule has 1 unspecified atom stereocenters. The van der Waals surface area contributed by atoms with Gasteiger partial charge in [-0.15, -0.1) is 0 Å². The van der Waals surface area contributed by atoms with Crippen molar-refractivity contribution in [2.45, 2.75) is 25.8 Å². The Morgan fingerprint density at radius 1 is 1.36 bits per heavy atom. The summed E-state index contributed by atoms with van der Waals surface area (Å²) in [4.78, 5) is 26.0. The molecule has 1 atom stereocenters. The highest BCUT2D eigenvalue weighted by Gasteiger charge is 2.23. The molecule has 1 saturated heterocycles. The van der Waals surface area contributed by atoms with Gasteiger partial charge in [-0.25, -0.2) is 4.79 Å². The zero-order valence-corrected chi connectivity index (χ0v) is 12.4. The minimum absolute atomic E-state index is 0.0235. The summed E-state index contributed by atoms with van der Waals surface area (Å²) < 4.78 is 6.66. The Labute approximate surface area is 127 Å². The molecule has 0 spiro atoms. The number of likely N-dealkylation sites (tertiary alicyclic amines) is 1. The second-order valence-electron chi connectivity index (χ2n) is 5.77. The van der Waals surface area contributed by atoms with Gasteiger partial charge < -0.3 is 14.4 Å². The van der Waals surface area contributed by atoms with Gasteiger partial charge in [-0.1, -0.05) is 12.1 Å². The van der Waals surface area contributed by atoms with E-state index < -0.39 is 5.76 Å². The Morgan fingerprint density at radius 3 is 3.00 bits per heavy atom. The monoisotopic (exact) mass is 304 g/mol. The van der Waals surface area contributed by atoms with Gasteiger partial charge in [0.25, 0.3) is 0 Å². The van der Waals surface area contributed by atoms with Crippen LogP contribution in [0.2, 0.25) is 0 Å². The van der Waals surface area contributed by atoms with Crippen molar-refractivity contribution in [3.8, 4) is 0 Å². The highest BCUT2D eigenvalue weighted by atomic mass is 16.4.